The highest BCUT2D eigenvalue weighted by atomic mass is 16.3. The highest BCUT2D eigenvalue weighted by molar-refractivity contribution is 5.77. The average molecular weight is 245 g/mol. The van der Waals surface area contributed by atoms with Crippen LogP contribution in [0.15, 0.2) is 18.2 Å². The van der Waals surface area contributed by atoms with E-state index in [1.165, 1.54) is 5.56 Å². The molecule has 1 aliphatic heterocycles. The fourth-order valence-electron chi connectivity index (χ4n) is 2.88. The van der Waals surface area contributed by atoms with Crippen LogP contribution in [0.1, 0.15) is 23.9 Å². The number of fused-ring (bicyclic) bond motifs is 1. The van der Waals surface area contributed by atoms with Crippen LogP contribution in [0, 0.1) is 13.8 Å². The summed E-state index contributed by atoms with van der Waals surface area (Å²) in [6, 6.07) is 6.46. The predicted octanol–water partition coefficient (Wildman–Crippen LogP) is 1.55. The smallest absolute Gasteiger partial charge is 0.107 e. The highest BCUT2D eigenvalue weighted by Crippen LogP contribution is 2.27. The Morgan fingerprint density at radius 2 is 2.22 bits per heavy atom. The molecule has 2 aromatic rings. The van der Waals surface area contributed by atoms with Gasteiger partial charge in [0, 0.05) is 6.54 Å². The summed E-state index contributed by atoms with van der Waals surface area (Å²) in [5.74, 6) is 0.988. The van der Waals surface area contributed by atoms with Crippen LogP contribution in [-0.4, -0.2) is 33.9 Å². The zero-order valence-corrected chi connectivity index (χ0v) is 10.8. The van der Waals surface area contributed by atoms with Crippen molar-refractivity contribution < 1.29 is 5.11 Å². The normalized spacial score (nSPS) is 24.6. The average Bonchev–Trinajstić information content (AvgIpc) is 2.65. The summed E-state index contributed by atoms with van der Waals surface area (Å²) in [7, 11) is 0. The Labute approximate surface area is 107 Å². The molecule has 2 unspecified atom stereocenters. The van der Waals surface area contributed by atoms with Gasteiger partial charge in [-0.15, -0.1) is 0 Å². The van der Waals surface area contributed by atoms with Crippen molar-refractivity contribution in [1.82, 2.24) is 14.9 Å². The Morgan fingerprint density at radius 1 is 1.39 bits per heavy atom. The number of aliphatic hydroxyl groups excluding tert-OH is 1. The lowest BCUT2D eigenvalue weighted by Gasteiger charge is -2.30. The van der Waals surface area contributed by atoms with Gasteiger partial charge in [-0.3, -0.25) is 0 Å². The highest BCUT2D eigenvalue weighted by Gasteiger charge is 2.26. The zero-order chi connectivity index (χ0) is 12.7. The molecule has 4 nitrogen and oxygen atoms in total. The van der Waals surface area contributed by atoms with Crippen LogP contribution in [0.3, 0.4) is 0 Å². The molecule has 1 saturated heterocycles. The molecule has 4 heteroatoms. The van der Waals surface area contributed by atoms with Crippen molar-refractivity contribution in [3.63, 3.8) is 0 Å². The Bertz CT molecular complexity index is 576. The zero-order valence-electron chi connectivity index (χ0n) is 10.8. The summed E-state index contributed by atoms with van der Waals surface area (Å²) >= 11 is 0. The first kappa shape index (κ1) is 11.7. The molecule has 18 heavy (non-hydrogen) atoms. The maximum absolute atomic E-state index is 10.2. The second kappa shape index (κ2) is 4.37. The summed E-state index contributed by atoms with van der Waals surface area (Å²) in [5, 5.41) is 13.4. The number of β-amino-alcohol motifs (C(OH)–C–C–N with tert-alkyl or cyclic N) is 1. The first-order chi connectivity index (χ1) is 8.66. The molecule has 0 bridgehead atoms. The number of nitrogens with one attached hydrogen (secondary N) is 1. The van der Waals surface area contributed by atoms with E-state index in [1.807, 2.05) is 6.92 Å². The Balaban J connectivity index is 2.12. The van der Waals surface area contributed by atoms with Crippen molar-refractivity contribution in [3.05, 3.63) is 29.6 Å². The van der Waals surface area contributed by atoms with Crippen molar-refractivity contribution >= 4 is 11.0 Å². The minimum absolute atomic E-state index is 0.138. The first-order valence-corrected chi connectivity index (χ1v) is 6.51. The number of hydrogen-bond donors (Lipinski definition) is 2. The van der Waals surface area contributed by atoms with Gasteiger partial charge in [0.15, 0.2) is 0 Å². The van der Waals surface area contributed by atoms with Crippen molar-refractivity contribution in [2.45, 2.75) is 32.4 Å². The molecule has 2 atom stereocenters. The van der Waals surface area contributed by atoms with Crippen molar-refractivity contribution in [3.8, 4) is 0 Å². The fraction of sp³-hybridized carbons (Fsp3) is 0.500. The number of rotatable bonds is 1. The van der Waals surface area contributed by atoms with E-state index in [4.69, 9.17) is 0 Å². The van der Waals surface area contributed by atoms with E-state index in [0.29, 0.717) is 6.54 Å². The molecule has 0 radical (unpaired) electrons. The van der Waals surface area contributed by atoms with Gasteiger partial charge in [0.2, 0.25) is 0 Å². The van der Waals surface area contributed by atoms with E-state index in [2.05, 4.69) is 40.0 Å². The Hall–Kier alpha value is -1.39. The van der Waals surface area contributed by atoms with E-state index < -0.39 is 0 Å². The third-order valence-corrected chi connectivity index (χ3v) is 3.77. The third-order valence-electron chi connectivity index (χ3n) is 3.77. The molecule has 96 valence electrons. The van der Waals surface area contributed by atoms with Gasteiger partial charge in [0.25, 0.3) is 0 Å². The lowest BCUT2D eigenvalue weighted by Crippen LogP contribution is -2.41. The van der Waals surface area contributed by atoms with Gasteiger partial charge in [-0.25, -0.2) is 4.98 Å². The van der Waals surface area contributed by atoms with Crippen LogP contribution >= 0.6 is 0 Å². The molecule has 1 aromatic heterocycles. The summed E-state index contributed by atoms with van der Waals surface area (Å²) in [4.78, 5) is 4.62. The van der Waals surface area contributed by atoms with Crippen molar-refractivity contribution in [2.24, 2.45) is 0 Å². The van der Waals surface area contributed by atoms with Gasteiger partial charge in [0.1, 0.15) is 5.82 Å². The Kier molecular flexibility index (Phi) is 2.84. The monoisotopic (exact) mass is 245 g/mol. The molecule has 1 aliphatic rings. The second-order valence-electron chi connectivity index (χ2n) is 5.15. The largest absolute Gasteiger partial charge is 0.390 e. The van der Waals surface area contributed by atoms with E-state index in [0.717, 1.165) is 29.8 Å². The van der Waals surface area contributed by atoms with Gasteiger partial charge < -0.3 is 15.0 Å². The number of aromatic nitrogens is 2. The SMILES string of the molecule is Cc1ccc2c(c1)nc(C)n2C1CCNCC1O. The van der Waals surface area contributed by atoms with Crippen LogP contribution in [-0.2, 0) is 0 Å². The lowest BCUT2D eigenvalue weighted by atomic mass is 10.0. The third kappa shape index (κ3) is 1.82. The van der Waals surface area contributed by atoms with Gasteiger partial charge in [-0.05, 0) is 44.5 Å². The molecule has 1 fully saturated rings. The minimum Gasteiger partial charge on any atom is -0.390 e. The molecule has 2 heterocycles. The van der Waals surface area contributed by atoms with Gasteiger partial charge in [0.05, 0.1) is 23.2 Å². The molecule has 0 spiro atoms. The van der Waals surface area contributed by atoms with E-state index in [1.54, 1.807) is 0 Å². The number of hydrogen-bond acceptors (Lipinski definition) is 3. The number of aryl methyl sites for hydroxylation is 2. The maximum Gasteiger partial charge on any atom is 0.107 e. The number of aliphatic hydroxyl groups is 1. The topological polar surface area (TPSA) is 50.1 Å². The number of imidazole rings is 1. The molecule has 1 aromatic carbocycles. The minimum atomic E-state index is -0.337. The van der Waals surface area contributed by atoms with E-state index in [9.17, 15) is 5.11 Å². The standard InChI is InChI=1S/C14H19N3O/c1-9-3-4-12-11(7-9)16-10(2)17(12)13-5-6-15-8-14(13)18/h3-4,7,13-15,18H,5-6,8H2,1-2H3. The lowest BCUT2D eigenvalue weighted by molar-refractivity contribution is 0.0881. The van der Waals surface area contributed by atoms with Gasteiger partial charge in [-0.1, -0.05) is 6.07 Å². The van der Waals surface area contributed by atoms with Crippen LogP contribution in [0.4, 0.5) is 0 Å². The van der Waals surface area contributed by atoms with Crippen molar-refractivity contribution in [2.75, 3.05) is 13.1 Å². The predicted molar refractivity (Wildman–Crippen MR) is 71.7 cm³/mol. The van der Waals surface area contributed by atoms with Gasteiger partial charge >= 0.3 is 0 Å². The summed E-state index contributed by atoms with van der Waals surface area (Å²) < 4.78 is 2.19. The molecule has 2 N–H and O–H groups in total. The van der Waals surface area contributed by atoms with Gasteiger partial charge in [-0.2, -0.15) is 0 Å². The maximum atomic E-state index is 10.2. The molecule has 3 rings (SSSR count). The van der Waals surface area contributed by atoms with E-state index in [-0.39, 0.29) is 12.1 Å². The summed E-state index contributed by atoms with van der Waals surface area (Å²) in [6.07, 6.45) is 0.609. The van der Waals surface area contributed by atoms with Crippen LogP contribution in [0.2, 0.25) is 0 Å². The number of nitrogens with zero attached hydrogens (tertiary/aromatic N) is 2. The molecular weight excluding hydrogens is 226 g/mol. The summed E-state index contributed by atoms with van der Waals surface area (Å²) in [6.45, 7) is 5.71. The van der Waals surface area contributed by atoms with E-state index >= 15 is 0 Å². The summed E-state index contributed by atoms with van der Waals surface area (Å²) in [5.41, 5.74) is 3.38. The fourth-order valence-corrected chi connectivity index (χ4v) is 2.88. The number of piperidine rings is 1. The van der Waals surface area contributed by atoms with Crippen LogP contribution in [0.25, 0.3) is 11.0 Å². The van der Waals surface area contributed by atoms with Crippen LogP contribution < -0.4 is 5.32 Å². The second-order valence-corrected chi connectivity index (χ2v) is 5.15. The molecule has 0 amide bonds. The first-order valence-electron chi connectivity index (χ1n) is 6.51. The number of benzene rings is 1. The van der Waals surface area contributed by atoms with Crippen LogP contribution in [0.5, 0.6) is 0 Å². The van der Waals surface area contributed by atoms with Crippen molar-refractivity contribution in [1.29, 1.82) is 0 Å². The quantitative estimate of drug-likeness (QED) is 0.801. The molecule has 0 saturated carbocycles. The Morgan fingerprint density at radius 3 is 3.00 bits per heavy atom. The molecular formula is C14H19N3O. The molecule has 0 aliphatic carbocycles.